The summed E-state index contributed by atoms with van der Waals surface area (Å²) in [5.41, 5.74) is 2.92. The zero-order valence-electron chi connectivity index (χ0n) is 21.0. The molecule has 3 aromatic carbocycles. The Morgan fingerprint density at radius 1 is 0.892 bits per heavy atom. The average molecular weight is 517 g/mol. The molecular formula is C30H32N2O4S. The largest absolute Gasteiger partial charge is 0.497 e. The summed E-state index contributed by atoms with van der Waals surface area (Å²) in [6.07, 6.45) is 1.71. The molecule has 2 fully saturated rings. The van der Waals surface area contributed by atoms with Crippen molar-refractivity contribution in [2.24, 2.45) is 0 Å². The van der Waals surface area contributed by atoms with Gasteiger partial charge in [-0.1, -0.05) is 42.2 Å². The maximum absolute atomic E-state index is 13.4. The molecule has 3 atom stereocenters. The molecule has 0 radical (unpaired) electrons. The first kappa shape index (κ1) is 25.5. The number of benzene rings is 3. The molecule has 0 spiro atoms. The van der Waals surface area contributed by atoms with Crippen LogP contribution in [0, 0.1) is 11.8 Å². The van der Waals surface area contributed by atoms with Gasteiger partial charge in [-0.05, 0) is 73.5 Å². The van der Waals surface area contributed by atoms with Crippen LogP contribution >= 0.6 is 0 Å². The first-order valence-corrected chi connectivity index (χ1v) is 14.1. The van der Waals surface area contributed by atoms with Gasteiger partial charge in [0.2, 0.25) is 10.0 Å². The van der Waals surface area contributed by atoms with Crippen molar-refractivity contribution in [1.29, 1.82) is 0 Å². The molecule has 1 N–H and O–H groups in total. The Labute approximate surface area is 219 Å². The summed E-state index contributed by atoms with van der Waals surface area (Å²) in [6, 6.07) is 24.5. The van der Waals surface area contributed by atoms with Crippen LogP contribution in [0.1, 0.15) is 35.4 Å². The van der Waals surface area contributed by atoms with E-state index in [2.05, 4.69) is 28.9 Å². The van der Waals surface area contributed by atoms with E-state index >= 15 is 0 Å². The summed E-state index contributed by atoms with van der Waals surface area (Å²) >= 11 is 0. The molecule has 0 amide bonds. The van der Waals surface area contributed by atoms with Gasteiger partial charge in [-0.15, -0.1) is 0 Å². The van der Waals surface area contributed by atoms with E-state index in [0.717, 1.165) is 41.8 Å². The quantitative estimate of drug-likeness (QED) is 0.524. The summed E-state index contributed by atoms with van der Waals surface area (Å²) in [7, 11) is -1.94. The molecule has 0 aromatic heterocycles. The molecule has 0 bridgehead atoms. The van der Waals surface area contributed by atoms with Gasteiger partial charge in [0.15, 0.2) is 0 Å². The van der Waals surface area contributed by atoms with Crippen LogP contribution < -0.4 is 4.74 Å². The van der Waals surface area contributed by atoms with E-state index in [1.807, 2.05) is 42.5 Å². The fraction of sp³-hybridized carbons (Fsp3) is 0.333. The maximum Gasteiger partial charge on any atom is 0.243 e. The summed E-state index contributed by atoms with van der Waals surface area (Å²) < 4.78 is 33.7. The summed E-state index contributed by atoms with van der Waals surface area (Å²) in [5, 5.41) is 10.2. The monoisotopic (exact) mass is 516 g/mol. The lowest BCUT2D eigenvalue weighted by Gasteiger charge is -2.57. The molecule has 2 aliphatic rings. The second-order valence-electron chi connectivity index (χ2n) is 9.56. The number of fused-ring (bicyclic) bond motifs is 1. The Morgan fingerprint density at radius 2 is 1.51 bits per heavy atom. The summed E-state index contributed by atoms with van der Waals surface area (Å²) in [4.78, 5) is 2.62. The highest BCUT2D eigenvalue weighted by Gasteiger charge is 2.50. The SMILES string of the molecule is COc1ccc(C#Cc2ccc([C@@H]3[C@@H](CO)N4CCCCN(S(=O)(=O)c5ccccc5)C[C@@H]34)cc2)cc1. The van der Waals surface area contributed by atoms with Crippen LogP contribution in [0.25, 0.3) is 0 Å². The van der Waals surface area contributed by atoms with Crippen molar-refractivity contribution >= 4 is 10.0 Å². The Bertz CT molecular complexity index is 1360. The predicted octanol–water partition coefficient (Wildman–Crippen LogP) is 3.71. The zero-order chi connectivity index (χ0) is 25.8. The van der Waals surface area contributed by atoms with Crippen LogP contribution in [0.5, 0.6) is 5.75 Å². The molecule has 2 aliphatic heterocycles. The Hall–Kier alpha value is -3.15. The minimum Gasteiger partial charge on any atom is -0.497 e. The molecule has 2 heterocycles. The average Bonchev–Trinajstić information content (AvgIpc) is 2.92. The zero-order valence-corrected chi connectivity index (χ0v) is 21.8. The number of rotatable bonds is 5. The van der Waals surface area contributed by atoms with Gasteiger partial charge in [-0.25, -0.2) is 8.42 Å². The molecule has 192 valence electrons. The lowest BCUT2D eigenvalue weighted by molar-refractivity contribution is -0.0553. The third kappa shape index (κ3) is 5.29. The van der Waals surface area contributed by atoms with Crippen LogP contribution in [0.3, 0.4) is 0 Å². The second kappa shape index (κ2) is 11.1. The van der Waals surface area contributed by atoms with E-state index in [9.17, 15) is 13.5 Å². The number of sulfonamides is 1. The first-order chi connectivity index (χ1) is 18.0. The van der Waals surface area contributed by atoms with Crippen molar-refractivity contribution in [3.05, 3.63) is 95.6 Å². The van der Waals surface area contributed by atoms with E-state index in [4.69, 9.17) is 4.74 Å². The van der Waals surface area contributed by atoms with Gasteiger partial charge in [-0.3, -0.25) is 4.90 Å². The van der Waals surface area contributed by atoms with Crippen molar-refractivity contribution < 1.29 is 18.3 Å². The van der Waals surface area contributed by atoms with Crippen molar-refractivity contribution in [2.45, 2.75) is 35.7 Å². The number of hydrogen-bond acceptors (Lipinski definition) is 5. The van der Waals surface area contributed by atoms with Gasteiger partial charge >= 0.3 is 0 Å². The number of ether oxygens (including phenoxy) is 1. The minimum atomic E-state index is -3.58. The van der Waals surface area contributed by atoms with Gasteiger partial charge < -0.3 is 9.84 Å². The highest BCUT2D eigenvalue weighted by molar-refractivity contribution is 7.89. The van der Waals surface area contributed by atoms with Crippen molar-refractivity contribution in [1.82, 2.24) is 9.21 Å². The third-order valence-corrected chi connectivity index (χ3v) is 9.33. The van der Waals surface area contributed by atoms with Crippen LogP contribution in [-0.4, -0.2) is 68.2 Å². The highest BCUT2D eigenvalue weighted by atomic mass is 32.2. The first-order valence-electron chi connectivity index (χ1n) is 12.7. The van der Waals surface area contributed by atoms with E-state index in [1.54, 1.807) is 35.7 Å². The van der Waals surface area contributed by atoms with Gasteiger partial charge in [0, 0.05) is 42.2 Å². The third-order valence-electron chi connectivity index (χ3n) is 7.45. The molecule has 3 aromatic rings. The number of nitrogens with zero attached hydrogens (tertiary/aromatic N) is 2. The van der Waals surface area contributed by atoms with Gasteiger partial charge in [0.25, 0.3) is 0 Å². The fourth-order valence-corrected chi connectivity index (χ4v) is 6.99. The second-order valence-corrected chi connectivity index (χ2v) is 11.5. The molecule has 5 rings (SSSR count). The van der Waals surface area contributed by atoms with E-state index in [-0.39, 0.29) is 24.6 Å². The number of aliphatic hydroxyl groups is 1. The topological polar surface area (TPSA) is 70.1 Å². The number of hydrogen-bond donors (Lipinski definition) is 1. The highest BCUT2D eigenvalue weighted by Crippen LogP contribution is 2.42. The summed E-state index contributed by atoms with van der Waals surface area (Å²) in [6.45, 7) is 1.85. The smallest absolute Gasteiger partial charge is 0.243 e. The normalized spacial score (nSPS) is 22.5. The Kier molecular flexibility index (Phi) is 7.63. The molecule has 0 aliphatic carbocycles. The number of methoxy groups -OCH3 is 1. The molecule has 0 unspecified atom stereocenters. The molecular weight excluding hydrogens is 484 g/mol. The van der Waals surface area contributed by atoms with Gasteiger partial charge in [0.1, 0.15) is 5.75 Å². The van der Waals surface area contributed by atoms with Gasteiger partial charge in [-0.2, -0.15) is 4.31 Å². The maximum atomic E-state index is 13.4. The molecule has 6 nitrogen and oxygen atoms in total. The minimum absolute atomic E-state index is 0.0133. The molecule has 7 heteroatoms. The molecule has 2 saturated heterocycles. The Balaban J connectivity index is 1.36. The van der Waals surface area contributed by atoms with Crippen LogP contribution in [0.4, 0.5) is 0 Å². The number of aliphatic hydroxyl groups excluding tert-OH is 1. The van der Waals surface area contributed by atoms with Gasteiger partial charge in [0.05, 0.1) is 18.6 Å². The van der Waals surface area contributed by atoms with E-state index in [1.165, 1.54) is 0 Å². The van der Waals surface area contributed by atoms with Crippen LogP contribution in [0.2, 0.25) is 0 Å². The fourth-order valence-electron chi connectivity index (χ4n) is 5.48. The molecule has 37 heavy (non-hydrogen) atoms. The Morgan fingerprint density at radius 3 is 2.14 bits per heavy atom. The predicted molar refractivity (Wildman–Crippen MR) is 144 cm³/mol. The van der Waals surface area contributed by atoms with Crippen molar-refractivity contribution in [3.8, 4) is 17.6 Å². The van der Waals surface area contributed by atoms with Crippen molar-refractivity contribution in [2.75, 3.05) is 33.4 Å². The molecule has 0 saturated carbocycles. The summed E-state index contributed by atoms with van der Waals surface area (Å²) in [5.74, 6) is 7.24. The lowest BCUT2D eigenvalue weighted by Crippen LogP contribution is -2.67. The lowest BCUT2D eigenvalue weighted by atomic mass is 9.74. The van der Waals surface area contributed by atoms with Crippen molar-refractivity contribution in [3.63, 3.8) is 0 Å². The van der Waals surface area contributed by atoms with Crippen LogP contribution in [0.15, 0.2) is 83.8 Å². The van der Waals surface area contributed by atoms with E-state index < -0.39 is 10.0 Å². The standard InChI is InChI=1S/C30H32N2O4S/c1-36-26-17-13-24(14-18-26)10-9-23-11-15-25(16-12-23)30-28-21-31(19-5-6-20-32(28)29(30)22-33)37(34,35)27-7-3-2-4-8-27/h2-4,7-8,11-18,28-30,33H,5-6,19-22H2,1H3/t28-,29+,30-/m0/s1. The van der Waals surface area contributed by atoms with Crippen LogP contribution in [-0.2, 0) is 10.0 Å². The van der Waals surface area contributed by atoms with E-state index in [0.29, 0.717) is 18.0 Å².